The van der Waals surface area contributed by atoms with Gasteiger partial charge in [0.15, 0.2) is 0 Å². The van der Waals surface area contributed by atoms with E-state index in [1.807, 2.05) is 12.1 Å². The third-order valence-corrected chi connectivity index (χ3v) is 4.37. The fraction of sp³-hybridized carbons (Fsp3) is 0.350. The number of hydrazine groups is 1. The Morgan fingerprint density at radius 2 is 2.23 bits per heavy atom. The number of allylic oxidation sites excluding steroid dienone is 2. The van der Waals surface area contributed by atoms with E-state index in [4.69, 9.17) is 10.00 Å². The van der Waals surface area contributed by atoms with Crippen LogP contribution in [0.1, 0.15) is 24.0 Å². The van der Waals surface area contributed by atoms with Crippen LogP contribution >= 0.6 is 0 Å². The summed E-state index contributed by atoms with van der Waals surface area (Å²) in [6.45, 7) is 1.89. The SMILES string of the molecule is Cc1cc(CN2C=C3C(=CC=CN3C(=O)NCCC#N)N2)cnc1OCCC(F)(F)F. The normalized spacial score (nSPS) is 14.9. The number of rotatable bonds is 7. The first-order valence-corrected chi connectivity index (χ1v) is 9.50. The molecule has 0 atom stereocenters. The highest BCUT2D eigenvalue weighted by molar-refractivity contribution is 5.79. The van der Waals surface area contributed by atoms with Gasteiger partial charge in [-0.3, -0.25) is 15.3 Å². The fourth-order valence-electron chi connectivity index (χ4n) is 2.97. The molecule has 3 rings (SSSR count). The van der Waals surface area contributed by atoms with Crippen molar-refractivity contribution in [1.82, 2.24) is 25.6 Å². The lowest BCUT2D eigenvalue weighted by Gasteiger charge is -2.22. The Hall–Kier alpha value is -3.68. The molecule has 164 valence electrons. The van der Waals surface area contributed by atoms with Crippen molar-refractivity contribution >= 4 is 6.03 Å². The van der Waals surface area contributed by atoms with Crippen molar-refractivity contribution in [2.45, 2.75) is 32.5 Å². The number of hydrogen-bond acceptors (Lipinski definition) is 6. The van der Waals surface area contributed by atoms with Crippen molar-refractivity contribution in [1.29, 1.82) is 5.26 Å². The molecule has 0 saturated heterocycles. The number of fused-ring (bicyclic) bond motifs is 1. The molecular formula is C20H21F3N6O2. The van der Waals surface area contributed by atoms with Crippen LogP contribution in [-0.4, -0.2) is 40.3 Å². The molecular weight excluding hydrogens is 413 g/mol. The second-order valence-corrected chi connectivity index (χ2v) is 6.87. The molecule has 1 aromatic rings. The van der Waals surface area contributed by atoms with Gasteiger partial charge in [-0.1, -0.05) is 0 Å². The van der Waals surface area contributed by atoms with Crippen molar-refractivity contribution in [3.63, 3.8) is 0 Å². The van der Waals surface area contributed by atoms with E-state index in [1.54, 1.807) is 36.5 Å². The number of nitrogens with one attached hydrogen (secondary N) is 2. The average Bonchev–Trinajstić information content (AvgIpc) is 3.11. The van der Waals surface area contributed by atoms with Crippen LogP contribution in [0.3, 0.4) is 0 Å². The molecule has 2 amide bonds. The van der Waals surface area contributed by atoms with Crippen LogP contribution in [0, 0.1) is 18.3 Å². The highest BCUT2D eigenvalue weighted by Gasteiger charge is 2.28. The summed E-state index contributed by atoms with van der Waals surface area (Å²) in [5.74, 6) is 0.168. The Labute approximate surface area is 177 Å². The number of amides is 2. The zero-order valence-corrected chi connectivity index (χ0v) is 16.7. The lowest BCUT2D eigenvalue weighted by atomic mass is 10.2. The molecule has 2 aliphatic rings. The van der Waals surface area contributed by atoms with E-state index < -0.39 is 19.2 Å². The zero-order chi connectivity index (χ0) is 22.4. The summed E-state index contributed by atoms with van der Waals surface area (Å²) in [4.78, 5) is 17.9. The molecule has 0 saturated carbocycles. The number of carbonyl (C=O) groups is 1. The number of pyridine rings is 1. The monoisotopic (exact) mass is 434 g/mol. The minimum absolute atomic E-state index is 0.168. The van der Waals surface area contributed by atoms with Gasteiger partial charge in [0.2, 0.25) is 5.88 Å². The van der Waals surface area contributed by atoms with E-state index in [0.717, 1.165) is 11.3 Å². The smallest absolute Gasteiger partial charge is 0.392 e. The second-order valence-electron chi connectivity index (χ2n) is 6.87. The number of halogens is 3. The summed E-state index contributed by atoms with van der Waals surface area (Å²) < 4.78 is 41.9. The number of nitriles is 1. The summed E-state index contributed by atoms with van der Waals surface area (Å²) in [5, 5.41) is 13.0. The standard InChI is InChI=1S/C20H21F3N6O2/c1-14-10-15(11-26-18(14)31-9-5-20(21,22)23)12-28-13-17-16(27-28)4-2-8-29(17)19(30)25-7-3-6-24/h2,4,8,10-11,13,27H,3,5,7,9,12H2,1H3,(H,25,30). The van der Waals surface area contributed by atoms with Gasteiger partial charge in [-0.05, 0) is 30.7 Å². The molecule has 0 bridgehead atoms. The number of nitrogens with zero attached hydrogens (tertiary/aromatic N) is 4. The van der Waals surface area contributed by atoms with Crippen LogP contribution in [-0.2, 0) is 6.54 Å². The first-order chi connectivity index (χ1) is 14.8. The van der Waals surface area contributed by atoms with E-state index in [-0.39, 0.29) is 24.9 Å². The Kier molecular flexibility index (Phi) is 6.69. The minimum atomic E-state index is -4.27. The lowest BCUT2D eigenvalue weighted by molar-refractivity contribution is -0.139. The van der Waals surface area contributed by atoms with Gasteiger partial charge in [0.1, 0.15) is 0 Å². The van der Waals surface area contributed by atoms with Crippen LogP contribution in [0.4, 0.5) is 18.0 Å². The van der Waals surface area contributed by atoms with Crippen molar-refractivity contribution in [2.24, 2.45) is 0 Å². The number of carbonyl (C=O) groups excluding carboxylic acids is 1. The lowest BCUT2D eigenvalue weighted by Crippen LogP contribution is -2.37. The number of aryl methyl sites for hydroxylation is 1. The molecule has 31 heavy (non-hydrogen) atoms. The van der Waals surface area contributed by atoms with Gasteiger partial charge in [0.05, 0.1) is 43.5 Å². The van der Waals surface area contributed by atoms with Crippen LogP contribution in [0.2, 0.25) is 0 Å². The van der Waals surface area contributed by atoms with Gasteiger partial charge in [0.25, 0.3) is 0 Å². The molecule has 0 fully saturated rings. The molecule has 0 unspecified atom stereocenters. The summed E-state index contributed by atoms with van der Waals surface area (Å²) in [6, 6.07) is 3.42. The maximum atomic E-state index is 12.4. The van der Waals surface area contributed by atoms with Crippen LogP contribution in [0.5, 0.6) is 5.88 Å². The molecule has 2 N–H and O–H groups in total. The topological polar surface area (TPSA) is 93.5 Å². The number of ether oxygens (including phenoxy) is 1. The van der Waals surface area contributed by atoms with Gasteiger partial charge in [-0.15, -0.1) is 0 Å². The Balaban J connectivity index is 1.61. The maximum Gasteiger partial charge on any atom is 0.392 e. The molecule has 2 aliphatic heterocycles. The Morgan fingerprint density at radius 3 is 2.94 bits per heavy atom. The highest BCUT2D eigenvalue weighted by Crippen LogP contribution is 2.26. The molecule has 0 aliphatic carbocycles. The van der Waals surface area contributed by atoms with Gasteiger partial charge in [-0.25, -0.2) is 9.78 Å². The molecule has 0 radical (unpaired) electrons. The van der Waals surface area contributed by atoms with Crippen LogP contribution in [0.15, 0.2) is 48.2 Å². The van der Waals surface area contributed by atoms with Crippen molar-refractivity contribution in [3.8, 4) is 11.9 Å². The Bertz CT molecular complexity index is 965. The fourth-order valence-corrected chi connectivity index (χ4v) is 2.97. The van der Waals surface area contributed by atoms with Gasteiger partial charge in [0, 0.05) is 30.7 Å². The van der Waals surface area contributed by atoms with E-state index in [9.17, 15) is 18.0 Å². The minimum Gasteiger partial charge on any atom is -0.477 e. The van der Waals surface area contributed by atoms with E-state index in [2.05, 4.69) is 15.7 Å². The highest BCUT2D eigenvalue weighted by atomic mass is 19.4. The molecule has 0 aromatic carbocycles. The predicted molar refractivity (Wildman–Crippen MR) is 105 cm³/mol. The molecule has 11 heteroatoms. The number of aromatic nitrogens is 1. The predicted octanol–water partition coefficient (Wildman–Crippen LogP) is 3.22. The molecule has 1 aromatic heterocycles. The van der Waals surface area contributed by atoms with Crippen LogP contribution in [0.25, 0.3) is 0 Å². The van der Waals surface area contributed by atoms with E-state index >= 15 is 0 Å². The number of hydrogen-bond donors (Lipinski definition) is 2. The Morgan fingerprint density at radius 1 is 1.42 bits per heavy atom. The number of alkyl halides is 3. The van der Waals surface area contributed by atoms with E-state index in [1.165, 1.54) is 11.1 Å². The van der Waals surface area contributed by atoms with Gasteiger partial charge in [-0.2, -0.15) is 18.4 Å². The summed E-state index contributed by atoms with van der Waals surface area (Å²) in [7, 11) is 0. The first kappa shape index (κ1) is 22.0. The summed E-state index contributed by atoms with van der Waals surface area (Å²) >= 11 is 0. The summed E-state index contributed by atoms with van der Waals surface area (Å²) in [5.41, 5.74) is 5.98. The number of urea groups is 1. The van der Waals surface area contributed by atoms with Crippen LogP contribution < -0.4 is 15.5 Å². The van der Waals surface area contributed by atoms with Gasteiger partial charge < -0.3 is 10.1 Å². The third-order valence-electron chi connectivity index (χ3n) is 4.37. The van der Waals surface area contributed by atoms with Gasteiger partial charge >= 0.3 is 12.2 Å². The molecule has 0 spiro atoms. The third kappa shape index (κ3) is 5.91. The van der Waals surface area contributed by atoms with E-state index in [0.29, 0.717) is 17.8 Å². The molecule has 8 nitrogen and oxygen atoms in total. The quantitative estimate of drug-likeness (QED) is 0.640. The largest absolute Gasteiger partial charge is 0.477 e. The zero-order valence-electron chi connectivity index (χ0n) is 16.7. The van der Waals surface area contributed by atoms with Crippen molar-refractivity contribution in [3.05, 3.63) is 59.3 Å². The molecule has 3 heterocycles. The van der Waals surface area contributed by atoms with Crippen molar-refractivity contribution < 1.29 is 22.7 Å². The maximum absolute atomic E-state index is 12.4. The first-order valence-electron chi connectivity index (χ1n) is 9.50. The average molecular weight is 434 g/mol. The second kappa shape index (κ2) is 9.42. The summed E-state index contributed by atoms with van der Waals surface area (Å²) in [6.07, 6.45) is 3.39. The van der Waals surface area contributed by atoms with Crippen molar-refractivity contribution in [2.75, 3.05) is 13.2 Å².